The van der Waals surface area contributed by atoms with Crippen molar-refractivity contribution in [2.75, 3.05) is 0 Å². The van der Waals surface area contributed by atoms with Crippen molar-refractivity contribution in [3.05, 3.63) is 29.7 Å². The van der Waals surface area contributed by atoms with Crippen molar-refractivity contribution < 1.29 is 4.52 Å². The zero-order chi connectivity index (χ0) is 14.7. The van der Waals surface area contributed by atoms with E-state index in [-0.39, 0.29) is 0 Å². The number of rotatable bonds is 3. The van der Waals surface area contributed by atoms with Gasteiger partial charge in [-0.05, 0) is 12.8 Å². The van der Waals surface area contributed by atoms with E-state index in [2.05, 4.69) is 15.2 Å². The lowest BCUT2D eigenvalue weighted by Crippen LogP contribution is -2.12. The largest absolute Gasteiger partial charge is 0.337 e. The maximum absolute atomic E-state index is 6.18. The number of aromatic nitrogens is 4. The van der Waals surface area contributed by atoms with E-state index in [1.54, 1.807) is 10.9 Å². The molecule has 1 atom stereocenters. The molecule has 1 fully saturated rings. The summed E-state index contributed by atoms with van der Waals surface area (Å²) in [5, 5.41) is 8.30. The molecule has 2 N–H and O–H groups in total. The van der Waals surface area contributed by atoms with Crippen LogP contribution in [0.3, 0.4) is 0 Å². The second-order valence-electron chi connectivity index (χ2n) is 5.96. The van der Waals surface area contributed by atoms with E-state index in [0.29, 0.717) is 11.8 Å². The Balaban J connectivity index is 1.72. The molecular formula is C15H23N5O. The second kappa shape index (κ2) is 6.39. The van der Waals surface area contributed by atoms with Crippen LogP contribution in [0.1, 0.15) is 74.2 Å². The highest BCUT2D eigenvalue weighted by molar-refractivity contribution is 5.17. The molecule has 0 amide bonds. The first kappa shape index (κ1) is 14.3. The van der Waals surface area contributed by atoms with Crippen LogP contribution in [-0.2, 0) is 7.05 Å². The van der Waals surface area contributed by atoms with Crippen molar-refractivity contribution >= 4 is 0 Å². The van der Waals surface area contributed by atoms with Gasteiger partial charge in [0.05, 0.1) is 6.20 Å². The molecule has 1 aliphatic carbocycles. The Labute approximate surface area is 124 Å². The zero-order valence-corrected chi connectivity index (χ0v) is 12.5. The Morgan fingerprint density at radius 3 is 2.62 bits per heavy atom. The van der Waals surface area contributed by atoms with E-state index in [0.717, 1.165) is 24.2 Å². The Bertz CT molecular complexity index is 568. The van der Waals surface area contributed by atoms with E-state index < -0.39 is 6.04 Å². The monoisotopic (exact) mass is 289 g/mol. The van der Waals surface area contributed by atoms with Crippen LogP contribution >= 0.6 is 0 Å². The summed E-state index contributed by atoms with van der Waals surface area (Å²) in [6.45, 7) is 0. The van der Waals surface area contributed by atoms with Crippen molar-refractivity contribution in [3.63, 3.8) is 0 Å². The van der Waals surface area contributed by atoms with Gasteiger partial charge in [-0.2, -0.15) is 10.1 Å². The first-order valence-corrected chi connectivity index (χ1v) is 7.81. The maximum atomic E-state index is 6.18. The third-order valence-corrected chi connectivity index (χ3v) is 4.28. The van der Waals surface area contributed by atoms with Crippen LogP contribution in [0.15, 0.2) is 16.9 Å². The smallest absolute Gasteiger partial charge is 0.248 e. The van der Waals surface area contributed by atoms with Crippen LogP contribution in [0.2, 0.25) is 0 Å². The molecule has 6 heteroatoms. The Kier molecular flexibility index (Phi) is 4.34. The Morgan fingerprint density at radius 2 is 1.95 bits per heavy atom. The molecule has 0 aliphatic heterocycles. The molecule has 0 aromatic carbocycles. The lowest BCUT2D eigenvalue weighted by molar-refractivity contribution is 0.353. The van der Waals surface area contributed by atoms with Crippen LogP contribution < -0.4 is 5.73 Å². The predicted octanol–water partition coefficient (Wildman–Crippen LogP) is 2.68. The van der Waals surface area contributed by atoms with Gasteiger partial charge in [0.2, 0.25) is 5.89 Å². The second-order valence-corrected chi connectivity index (χ2v) is 5.96. The minimum Gasteiger partial charge on any atom is -0.337 e. The topological polar surface area (TPSA) is 82.8 Å². The molecule has 1 saturated carbocycles. The van der Waals surface area contributed by atoms with Crippen molar-refractivity contribution in [3.8, 4) is 0 Å². The molecule has 0 radical (unpaired) electrons. The van der Waals surface area contributed by atoms with Gasteiger partial charge in [0.15, 0.2) is 5.82 Å². The fourth-order valence-electron chi connectivity index (χ4n) is 3.00. The molecule has 2 aromatic heterocycles. The molecule has 6 nitrogen and oxygen atoms in total. The molecule has 1 aliphatic rings. The number of aryl methyl sites for hydroxylation is 1. The zero-order valence-electron chi connectivity index (χ0n) is 12.5. The van der Waals surface area contributed by atoms with Gasteiger partial charge in [0.1, 0.15) is 6.04 Å². The molecule has 0 saturated heterocycles. The normalized spacial score (nSPS) is 19.1. The van der Waals surface area contributed by atoms with Crippen LogP contribution in [0.5, 0.6) is 0 Å². The lowest BCUT2D eigenvalue weighted by atomic mass is 9.91. The van der Waals surface area contributed by atoms with Gasteiger partial charge in [-0.1, -0.05) is 37.3 Å². The summed E-state index contributed by atoms with van der Waals surface area (Å²) in [5.74, 6) is 1.73. The summed E-state index contributed by atoms with van der Waals surface area (Å²) in [5.41, 5.74) is 7.07. The minimum atomic E-state index is -0.395. The highest BCUT2D eigenvalue weighted by Gasteiger charge is 2.23. The maximum Gasteiger partial charge on any atom is 0.248 e. The Hall–Kier alpha value is -1.69. The van der Waals surface area contributed by atoms with Crippen LogP contribution in [0.4, 0.5) is 0 Å². The molecular weight excluding hydrogens is 266 g/mol. The molecule has 2 aromatic rings. The van der Waals surface area contributed by atoms with Crippen LogP contribution in [0.25, 0.3) is 0 Å². The summed E-state index contributed by atoms with van der Waals surface area (Å²) < 4.78 is 7.12. The van der Waals surface area contributed by atoms with E-state index in [4.69, 9.17) is 10.3 Å². The van der Waals surface area contributed by atoms with E-state index in [9.17, 15) is 0 Å². The third-order valence-electron chi connectivity index (χ3n) is 4.28. The van der Waals surface area contributed by atoms with Gasteiger partial charge < -0.3 is 10.3 Å². The molecule has 2 heterocycles. The molecule has 114 valence electrons. The van der Waals surface area contributed by atoms with Crippen molar-refractivity contribution in [1.29, 1.82) is 0 Å². The Morgan fingerprint density at radius 1 is 1.24 bits per heavy atom. The summed E-state index contributed by atoms with van der Waals surface area (Å²) in [6.07, 6.45) is 12.4. The summed E-state index contributed by atoms with van der Waals surface area (Å²) >= 11 is 0. The first-order valence-electron chi connectivity index (χ1n) is 7.81. The highest BCUT2D eigenvalue weighted by atomic mass is 16.5. The molecule has 3 rings (SSSR count). The summed E-state index contributed by atoms with van der Waals surface area (Å²) in [7, 11) is 1.87. The van der Waals surface area contributed by atoms with Crippen molar-refractivity contribution in [2.24, 2.45) is 12.8 Å². The van der Waals surface area contributed by atoms with Crippen molar-refractivity contribution in [1.82, 2.24) is 19.9 Å². The van der Waals surface area contributed by atoms with Gasteiger partial charge >= 0.3 is 0 Å². The predicted molar refractivity (Wildman–Crippen MR) is 78.6 cm³/mol. The molecule has 21 heavy (non-hydrogen) atoms. The average molecular weight is 289 g/mol. The summed E-state index contributed by atoms with van der Waals surface area (Å²) in [4.78, 5) is 4.55. The number of nitrogens with two attached hydrogens (primary N) is 1. The molecule has 0 spiro atoms. The van der Waals surface area contributed by atoms with E-state index in [1.165, 1.54) is 32.1 Å². The average Bonchev–Trinajstić information content (AvgIpc) is 3.07. The van der Waals surface area contributed by atoms with Gasteiger partial charge in [0.25, 0.3) is 0 Å². The van der Waals surface area contributed by atoms with Crippen LogP contribution in [-0.4, -0.2) is 19.9 Å². The standard InChI is InChI=1S/C15H23N5O/c1-20-10-12(9-17-20)13(16)15-18-14(19-21-15)11-7-5-3-2-4-6-8-11/h9-11,13H,2-8,16H2,1H3. The van der Waals surface area contributed by atoms with Crippen molar-refractivity contribution in [2.45, 2.75) is 56.9 Å². The van der Waals surface area contributed by atoms with Gasteiger partial charge in [0, 0.05) is 24.7 Å². The van der Waals surface area contributed by atoms with Crippen LogP contribution in [0, 0.1) is 0 Å². The van der Waals surface area contributed by atoms with Gasteiger partial charge in [-0.3, -0.25) is 4.68 Å². The quantitative estimate of drug-likeness (QED) is 0.939. The van der Waals surface area contributed by atoms with E-state index >= 15 is 0 Å². The number of hydrogen-bond donors (Lipinski definition) is 1. The SMILES string of the molecule is Cn1cc(C(N)c2nc(C3CCCCCCC3)no2)cn1. The fourth-order valence-corrected chi connectivity index (χ4v) is 3.00. The van der Waals surface area contributed by atoms with Gasteiger partial charge in [-0.25, -0.2) is 0 Å². The molecule has 0 bridgehead atoms. The minimum absolute atomic E-state index is 0.395. The number of nitrogens with zero attached hydrogens (tertiary/aromatic N) is 4. The lowest BCUT2D eigenvalue weighted by Gasteiger charge is -2.15. The van der Waals surface area contributed by atoms with Gasteiger partial charge in [-0.15, -0.1) is 0 Å². The fraction of sp³-hybridized carbons (Fsp3) is 0.667. The number of hydrogen-bond acceptors (Lipinski definition) is 5. The molecule has 1 unspecified atom stereocenters. The summed E-state index contributed by atoms with van der Waals surface area (Å²) in [6, 6.07) is -0.395. The highest BCUT2D eigenvalue weighted by Crippen LogP contribution is 2.30. The first-order chi connectivity index (χ1) is 10.2. The third kappa shape index (κ3) is 3.32. The van der Waals surface area contributed by atoms with E-state index in [1.807, 2.05) is 13.2 Å².